The van der Waals surface area contributed by atoms with Crippen LogP contribution in [0.15, 0.2) is 48.5 Å². The first kappa shape index (κ1) is 18.1. The molecule has 0 spiro atoms. The van der Waals surface area contributed by atoms with Crippen molar-refractivity contribution in [2.24, 2.45) is 0 Å². The molecule has 0 atom stereocenters. The van der Waals surface area contributed by atoms with E-state index in [0.717, 1.165) is 24.0 Å². The summed E-state index contributed by atoms with van der Waals surface area (Å²) in [5.74, 6) is 1.37. The zero-order chi connectivity index (χ0) is 18.6. The van der Waals surface area contributed by atoms with E-state index in [2.05, 4.69) is 5.32 Å². The molecule has 26 heavy (non-hydrogen) atoms. The number of methoxy groups -OCH3 is 2. The molecule has 1 N–H and O–H groups in total. The van der Waals surface area contributed by atoms with Crippen molar-refractivity contribution < 1.29 is 14.3 Å². The zero-order valence-corrected chi connectivity index (χ0v) is 15.6. The first-order valence-corrected chi connectivity index (χ1v) is 8.95. The summed E-state index contributed by atoms with van der Waals surface area (Å²) in [5.41, 5.74) is 1.88. The second kappa shape index (κ2) is 7.68. The average Bonchev–Trinajstić information content (AvgIpc) is 3.46. The van der Waals surface area contributed by atoms with Crippen LogP contribution in [0.3, 0.4) is 0 Å². The van der Waals surface area contributed by atoms with Gasteiger partial charge in [-0.15, -0.1) is 0 Å². The summed E-state index contributed by atoms with van der Waals surface area (Å²) in [6, 6.07) is 15.9. The first-order chi connectivity index (χ1) is 12.6. The van der Waals surface area contributed by atoms with Gasteiger partial charge in [0.15, 0.2) is 11.5 Å². The normalized spacial score (nSPS) is 14.4. The van der Waals surface area contributed by atoms with Gasteiger partial charge in [0.25, 0.3) is 0 Å². The minimum Gasteiger partial charge on any atom is -0.493 e. The monoisotopic (exact) mass is 354 g/mol. The average molecular weight is 354 g/mol. The SMILES string of the molecule is CCN(Cc1ccccc1)C(=O)NC1(c2ccc(OC)c(OC)c2)CC1. The number of rotatable bonds is 7. The minimum absolute atomic E-state index is 0.0383. The summed E-state index contributed by atoms with van der Waals surface area (Å²) < 4.78 is 10.7. The third-order valence-corrected chi connectivity index (χ3v) is 4.92. The van der Waals surface area contributed by atoms with Gasteiger partial charge < -0.3 is 19.7 Å². The van der Waals surface area contributed by atoms with Crippen LogP contribution in [0.1, 0.15) is 30.9 Å². The van der Waals surface area contributed by atoms with Crippen molar-refractivity contribution in [3.63, 3.8) is 0 Å². The summed E-state index contributed by atoms with van der Waals surface area (Å²) in [6.45, 7) is 3.26. The summed E-state index contributed by atoms with van der Waals surface area (Å²) >= 11 is 0. The Hall–Kier alpha value is -2.69. The highest BCUT2D eigenvalue weighted by molar-refractivity contribution is 5.76. The van der Waals surface area contributed by atoms with Gasteiger partial charge in [0.1, 0.15) is 0 Å². The fourth-order valence-electron chi connectivity index (χ4n) is 3.16. The van der Waals surface area contributed by atoms with E-state index in [1.54, 1.807) is 14.2 Å². The molecule has 1 aliphatic rings. The topological polar surface area (TPSA) is 50.8 Å². The molecule has 0 bridgehead atoms. The number of carbonyl (C=O) groups is 1. The summed E-state index contributed by atoms with van der Waals surface area (Å²) in [6.07, 6.45) is 1.86. The first-order valence-electron chi connectivity index (χ1n) is 8.95. The molecule has 2 amide bonds. The molecule has 3 rings (SSSR count). The van der Waals surface area contributed by atoms with Gasteiger partial charge in [-0.25, -0.2) is 4.79 Å². The molecule has 0 saturated heterocycles. The Morgan fingerprint density at radius 1 is 1.08 bits per heavy atom. The van der Waals surface area contributed by atoms with Crippen LogP contribution in [0.5, 0.6) is 11.5 Å². The second-order valence-electron chi connectivity index (χ2n) is 6.58. The molecule has 5 nitrogen and oxygen atoms in total. The number of urea groups is 1. The van der Waals surface area contributed by atoms with Crippen LogP contribution < -0.4 is 14.8 Å². The fraction of sp³-hybridized carbons (Fsp3) is 0.381. The van der Waals surface area contributed by atoms with Crippen molar-refractivity contribution in [3.8, 4) is 11.5 Å². The Labute approximate surface area is 154 Å². The maximum atomic E-state index is 12.8. The highest BCUT2D eigenvalue weighted by atomic mass is 16.5. The van der Waals surface area contributed by atoms with Gasteiger partial charge >= 0.3 is 6.03 Å². The molecule has 5 heteroatoms. The van der Waals surface area contributed by atoms with Crippen molar-refractivity contribution >= 4 is 6.03 Å². The van der Waals surface area contributed by atoms with E-state index in [1.165, 1.54) is 0 Å². The molecule has 2 aromatic rings. The lowest BCUT2D eigenvalue weighted by Crippen LogP contribution is -2.44. The third kappa shape index (κ3) is 3.77. The lowest BCUT2D eigenvalue weighted by Gasteiger charge is -2.26. The molecule has 0 aliphatic heterocycles. The van der Waals surface area contributed by atoms with E-state index in [0.29, 0.717) is 24.6 Å². The van der Waals surface area contributed by atoms with Gasteiger partial charge in [-0.05, 0) is 43.0 Å². The predicted molar refractivity (Wildman–Crippen MR) is 102 cm³/mol. The Balaban J connectivity index is 1.73. The Bertz CT molecular complexity index is 757. The molecular formula is C21H26N2O3. The number of carbonyl (C=O) groups excluding carboxylic acids is 1. The Kier molecular flexibility index (Phi) is 5.35. The summed E-state index contributed by atoms with van der Waals surface area (Å²) in [4.78, 5) is 14.7. The number of hydrogen-bond acceptors (Lipinski definition) is 3. The van der Waals surface area contributed by atoms with Crippen LogP contribution in [0.2, 0.25) is 0 Å². The van der Waals surface area contributed by atoms with Gasteiger partial charge in [0.2, 0.25) is 0 Å². The highest BCUT2D eigenvalue weighted by Crippen LogP contribution is 2.47. The Morgan fingerprint density at radius 3 is 2.35 bits per heavy atom. The fourth-order valence-corrected chi connectivity index (χ4v) is 3.16. The number of amides is 2. The van der Waals surface area contributed by atoms with E-state index in [1.807, 2.05) is 60.4 Å². The number of nitrogens with one attached hydrogen (secondary N) is 1. The quantitative estimate of drug-likeness (QED) is 0.820. The van der Waals surface area contributed by atoms with Crippen LogP contribution >= 0.6 is 0 Å². The van der Waals surface area contributed by atoms with Crippen molar-refractivity contribution in [1.29, 1.82) is 0 Å². The molecule has 0 radical (unpaired) electrons. The van der Waals surface area contributed by atoms with Gasteiger partial charge in [0.05, 0.1) is 19.8 Å². The van der Waals surface area contributed by atoms with Gasteiger partial charge in [-0.3, -0.25) is 0 Å². The maximum absolute atomic E-state index is 12.8. The summed E-state index contributed by atoms with van der Waals surface area (Å²) in [5, 5.41) is 3.23. The largest absolute Gasteiger partial charge is 0.493 e. The number of benzene rings is 2. The van der Waals surface area contributed by atoms with E-state index in [9.17, 15) is 4.79 Å². The van der Waals surface area contributed by atoms with Crippen molar-refractivity contribution in [2.45, 2.75) is 31.8 Å². The van der Waals surface area contributed by atoms with Crippen molar-refractivity contribution in [1.82, 2.24) is 10.2 Å². The van der Waals surface area contributed by atoms with E-state index in [-0.39, 0.29) is 11.6 Å². The van der Waals surface area contributed by atoms with Crippen LogP contribution in [0.4, 0.5) is 4.79 Å². The smallest absolute Gasteiger partial charge is 0.318 e. The van der Waals surface area contributed by atoms with E-state index < -0.39 is 0 Å². The molecule has 1 aliphatic carbocycles. The van der Waals surface area contributed by atoms with Crippen LogP contribution in [0.25, 0.3) is 0 Å². The molecule has 2 aromatic carbocycles. The Morgan fingerprint density at radius 2 is 1.77 bits per heavy atom. The lowest BCUT2D eigenvalue weighted by molar-refractivity contribution is 0.192. The van der Waals surface area contributed by atoms with Crippen molar-refractivity contribution in [2.75, 3.05) is 20.8 Å². The molecule has 0 aromatic heterocycles. The van der Waals surface area contributed by atoms with Crippen LogP contribution in [0, 0.1) is 0 Å². The molecule has 138 valence electrons. The molecular weight excluding hydrogens is 328 g/mol. The molecule has 0 unspecified atom stereocenters. The minimum atomic E-state index is -0.305. The zero-order valence-electron chi connectivity index (χ0n) is 15.6. The number of nitrogens with zero attached hydrogens (tertiary/aromatic N) is 1. The van der Waals surface area contributed by atoms with Gasteiger partial charge in [0, 0.05) is 13.1 Å². The predicted octanol–water partition coefficient (Wildman–Crippen LogP) is 3.92. The van der Waals surface area contributed by atoms with Crippen LogP contribution in [-0.4, -0.2) is 31.7 Å². The maximum Gasteiger partial charge on any atom is 0.318 e. The molecule has 1 saturated carbocycles. The number of ether oxygens (including phenoxy) is 2. The summed E-state index contributed by atoms with van der Waals surface area (Å²) in [7, 11) is 3.24. The van der Waals surface area contributed by atoms with Crippen molar-refractivity contribution in [3.05, 3.63) is 59.7 Å². The third-order valence-electron chi connectivity index (χ3n) is 4.92. The van der Waals surface area contributed by atoms with E-state index in [4.69, 9.17) is 9.47 Å². The van der Waals surface area contributed by atoms with Gasteiger partial charge in [-0.1, -0.05) is 36.4 Å². The molecule has 0 heterocycles. The number of hydrogen-bond donors (Lipinski definition) is 1. The standard InChI is InChI=1S/C21H26N2O3/c1-4-23(15-16-8-6-5-7-9-16)20(24)22-21(12-13-21)17-10-11-18(25-2)19(14-17)26-3/h5-11,14H,4,12-13,15H2,1-3H3,(H,22,24). The van der Waals surface area contributed by atoms with E-state index >= 15 is 0 Å². The van der Waals surface area contributed by atoms with Crippen LogP contribution in [-0.2, 0) is 12.1 Å². The highest BCUT2D eigenvalue weighted by Gasteiger charge is 2.46. The van der Waals surface area contributed by atoms with Gasteiger partial charge in [-0.2, -0.15) is 0 Å². The lowest BCUT2D eigenvalue weighted by atomic mass is 10.0. The molecule has 1 fully saturated rings. The second-order valence-corrected chi connectivity index (χ2v) is 6.58.